The Morgan fingerprint density at radius 3 is 2.45 bits per heavy atom. The highest BCUT2D eigenvalue weighted by Gasteiger charge is 2.24. The SMILES string of the molecule is Cc1cc(C(=O)CSc2nncn2C(C)C)c(C)n1-c1c(C)n(C)n(-c2ccccc2)c1=O. The van der Waals surface area contributed by atoms with Crippen molar-refractivity contribution >= 4 is 17.5 Å². The van der Waals surface area contributed by atoms with Crippen LogP contribution in [0, 0.1) is 20.8 Å². The first-order valence-electron chi connectivity index (χ1n) is 10.8. The van der Waals surface area contributed by atoms with E-state index in [0.717, 1.165) is 27.9 Å². The molecule has 0 fully saturated rings. The van der Waals surface area contributed by atoms with Crippen LogP contribution < -0.4 is 5.56 Å². The van der Waals surface area contributed by atoms with Crippen molar-refractivity contribution < 1.29 is 4.79 Å². The van der Waals surface area contributed by atoms with Crippen molar-refractivity contribution in [3.63, 3.8) is 0 Å². The molecule has 0 radical (unpaired) electrons. The largest absolute Gasteiger partial charge is 0.311 e. The number of hydrogen-bond acceptors (Lipinski definition) is 5. The number of ketones is 1. The molecule has 0 bridgehead atoms. The van der Waals surface area contributed by atoms with Gasteiger partial charge in [0.2, 0.25) is 0 Å². The lowest BCUT2D eigenvalue weighted by molar-refractivity contribution is 0.102. The minimum atomic E-state index is -0.124. The number of carbonyl (C=O) groups is 1. The molecule has 0 amide bonds. The molecule has 3 aromatic heterocycles. The molecule has 0 N–H and O–H groups in total. The van der Waals surface area contributed by atoms with E-state index in [0.29, 0.717) is 11.3 Å². The lowest BCUT2D eigenvalue weighted by atomic mass is 10.2. The summed E-state index contributed by atoms with van der Waals surface area (Å²) in [6, 6.07) is 11.6. The van der Waals surface area contributed by atoms with Crippen molar-refractivity contribution in [3.8, 4) is 11.4 Å². The van der Waals surface area contributed by atoms with Gasteiger partial charge in [-0.3, -0.25) is 14.3 Å². The molecule has 0 unspecified atom stereocenters. The van der Waals surface area contributed by atoms with Gasteiger partial charge >= 0.3 is 0 Å². The zero-order valence-electron chi connectivity index (χ0n) is 19.7. The van der Waals surface area contributed by atoms with Crippen LogP contribution in [0.25, 0.3) is 11.4 Å². The molecule has 4 rings (SSSR count). The second-order valence-corrected chi connectivity index (χ2v) is 9.30. The molecule has 0 saturated heterocycles. The number of thioether (sulfide) groups is 1. The van der Waals surface area contributed by atoms with Gasteiger partial charge in [0.05, 0.1) is 17.1 Å². The molecule has 3 heterocycles. The summed E-state index contributed by atoms with van der Waals surface area (Å²) in [6.07, 6.45) is 1.68. The first kappa shape index (κ1) is 22.8. The minimum absolute atomic E-state index is 0.00498. The first-order valence-corrected chi connectivity index (χ1v) is 11.8. The van der Waals surface area contributed by atoms with Crippen LogP contribution in [-0.2, 0) is 7.05 Å². The molecule has 8 nitrogen and oxygen atoms in total. The quantitative estimate of drug-likeness (QED) is 0.305. The molecule has 33 heavy (non-hydrogen) atoms. The smallest absolute Gasteiger partial charge is 0.295 e. The second kappa shape index (κ2) is 8.90. The zero-order chi connectivity index (χ0) is 23.9. The highest BCUT2D eigenvalue weighted by molar-refractivity contribution is 7.99. The highest BCUT2D eigenvalue weighted by Crippen LogP contribution is 2.25. The summed E-state index contributed by atoms with van der Waals surface area (Å²) < 4.78 is 7.34. The van der Waals surface area contributed by atoms with Crippen LogP contribution in [0.5, 0.6) is 0 Å². The summed E-state index contributed by atoms with van der Waals surface area (Å²) in [5.74, 6) is 0.243. The average Bonchev–Trinajstić information content (AvgIpc) is 3.43. The van der Waals surface area contributed by atoms with Gasteiger partial charge in [0.25, 0.3) is 5.56 Å². The molecule has 9 heteroatoms. The highest BCUT2D eigenvalue weighted by atomic mass is 32.2. The first-order chi connectivity index (χ1) is 15.7. The summed E-state index contributed by atoms with van der Waals surface area (Å²) in [5, 5.41) is 8.81. The minimum Gasteiger partial charge on any atom is -0.311 e. The molecule has 0 saturated carbocycles. The number of nitrogens with zero attached hydrogens (tertiary/aromatic N) is 6. The Labute approximate surface area is 196 Å². The number of aryl methyl sites for hydroxylation is 1. The van der Waals surface area contributed by atoms with Gasteiger partial charge in [-0.1, -0.05) is 30.0 Å². The van der Waals surface area contributed by atoms with Crippen LogP contribution in [0.4, 0.5) is 0 Å². The summed E-state index contributed by atoms with van der Waals surface area (Å²) in [6.45, 7) is 9.83. The molecule has 0 aliphatic rings. The van der Waals surface area contributed by atoms with Gasteiger partial charge in [0, 0.05) is 30.0 Å². The van der Waals surface area contributed by atoms with Gasteiger partial charge in [-0.05, 0) is 52.8 Å². The van der Waals surface area contributed by atoms with Gasteiger partial charge < -0.3 is 9.13 Å². The van der Waals surface area contributed by atoms with Crippen molar-refractivity contribution in [2.75, 3.05) is 5.75 Å². The van der Waals surface area contributed by atoms with E-state index in [1.807, 2.05) is 91.9 Å². The fourth-order valence-electron chi connectivity index (χ4n) is 4.10. The van der Waals surface area contributed by atoms with Gasteiger partial charge in [-0.15, -0.1) is 10.2 Å². The molecule has 0 aliphatic carbocycles. The van der Waals surface area contributed by atoms with Gasteiger partial charge in [-0.25, -0.2) is 4.68 Å². The molecule has 172 valence electrons. The van der Waals surface area contributed by atoms with Gasteiger partial charge in [0.15, 0.2) is 10.9 Å². The second-order valence-electron chi connectivity index (χ2n) is 8.36. The predicted octanol–water partition coefficient (Wildman–Crippen LogP) is 4.04. The van der Waals surface area contributed by atoms with E-state index in [1.54, 1.807) is 11.0 Å². The lowest BCUT2D eigenvalue weighted by Gasteiger charge is -2.09. The summed E-state index contributed by atoms with van der Waals surface area (Å²) in [5.41, 5.74) is 4.27. The average molecular weight is 465 g/mol. The van der Waals surface area contributed by atoms with E-state index in [9.17, 15) is 9.59 Å². The Bertz CT molecular complexity index is 1370. The van der Waals surface area contributed by atoms with Crippen LogP contribution in [0.3, 0.4) is 0 Å². The lowest BCUT2D eigenvalue weighted by Crippen LogP contribution is -2.22. The number of rotatable bonds is 7. The summed E-state index contributed by atoms with van der Waals surface area (Å²) >= 11 is 1.38. The van der Waals surface area contributed by atoms with E-state index in [2.05, 4.69) is 10.2 Å². The monoisotopic (exact) mass is 464 g/mol. The third kappa shape index (κ3) is 3.97. The summed E-state index contributed by atoms with van der Waals surface area (Å²) in [7, 11) is 1.87. The van der Waals surface area contributed by atoms with E-state index in [1.165, 1.54) is 11.8 Å². The van der Waals surface area contributed by atoms with Crippen molar-refractivity contribution in [1.82, 2.24) is 28.7 Å². The molecular weight excluding hydrogens is 436 g/mol. The van der Waals surface area contributed by atoms with Crippen LogP contribution in [-0.4, -0.2) is 40.2 Å². The standard InChI is InChI=1S/C24H28N6O2S/c1-15(2)28-14-25-26-24(28)33-13-21(31)20-12-16(3)29(17(20)4)22-18(5)27(6)30(23(22)32)19-10-8-7-9-11-19/h7-12,14-15H,13H2,1-6H3. The van der Waals surface area contributed by atoms with Crippen molar-refractivity contribution in [2.24, 2.45) is 7.05 Å². The number of carbonyl (C=O) groups excluding carboxylic acids is 1. The Kier molecular flexibility index (Phi) is 6.16. The Morgan fingerprint density at radius 1 is 1.09 bits per heavy atom. The van der Waals surface area contributed by atoms with Crippen molar-refractivity contribution in [1.29, 1.82) is 0 Å². The van der Waals surface area contributed by atoms with Crippen LogP contribution >= 0.6 is 11.8 Å². The zero-order valence-corrected chi connectivity index (χ0v) is 20.6. The van der Waals surface area contributed by atoms with E-state index in [-0.39, 0.29) is 23.1 Å². The number of Topliss-reactive ketones (excluding diaryl/α,β-unsaturated/α-hetero) is 1. The van der Waals surface area contributed by atoms with E-state index < -0.39 is 0 Å². The fourth-order valence-corrected chi connectivity index (χ4v) is 5.03. The predicted molar refractivity (Wildman–Crippen MR) is 130 cm³/mol. The maximum absolute atomic E-state index is 13.5. The van der Waals surface area contributed by atoms with Crippen LogP contribution in [0.2, 0.25) is 0 Å². The number of para-hydroxylation sites is 1. The Morgan fingerprint density at radius 2 is 1.79 bits per heavy atom. The number of aromatic nitrogens is 6. The topological polar surface area (TPSA) is 79.6 Å². The fraction of sp³-hybridized carbons (Fsp3) is 0.333. The van der Waals surface area contributed by atoms with Crippen molar-refractivity contribution in [2.45, 2.75) is 45.8 Å². The molecule has 0 aliphatic heterocycles. The van der Waals surface area contributed by atoms with Gasteiger partial charge in [0.1, 0.15) is 12.0 Å². The summed E-state index contributed by atoms with van der Waals surface area (Å²) in [4.78, 5) is 26.6. The molecule has 0 spiro atoms. The molecule has 4 aromatic rings. The maximum Gasteiger partial charge on any atom is 0.295 e. The maximum atomic E-state index is 13.5. The number of hydrogen-bond donors (Lipinski definition) is 0. The molecular formula is C24H28N6O2S. The normalized spacial score (nSPS) is 11.5. The van der Waals surface area contributed by atoms with Gasteiger partial charge in [-0.2, -0.15) is 0 Å². The third-order valence-corrected chi connectivity index (χ3v) is 6.87. The van der Waals surface area contributed by atoms with E-state index in [4.69, 9.17) is 0 Å². The van der Waals surface area contributed by atoms with E-state index >= 15 is 0 Å². The molecule has 0 atom stereocenters. The van der Waals surface area contributed by atoms with Crippen LogP contribution in [0.1, 0.15) is 47.3 Å². The van der Waals surface area contributed by atoms with Crippen molar-refractivity contribution in [3.05, 3.63) is 75.7 Å². The van der Waals surface area contributed by atoms with Crippen LogP contribution in [0.15, 0.2) is 52.7 Å². The number of benzene rings is 1. The molecule has 1 aromatic carbocycles. The third-order valence-electron chi connectivity index (χ3n) is 5.91. The Balaban J connectivity index is 1.70. The Hall–Kier alpha value is -3.33.